The first-order valence-electron chi connectivity index (χ1n) is 6.07. The van der Waals surface area contributed by atoms with Crippen LogP contribution in [0.3, 0.4) is 0 Å². The smallest absolute Gasteiger partial charge is 0.273 e. The molecule has 5 nitrogen and oxygen atoms in total. The monoisotopic (exact) mass is 284 g/mol. The summed E-state index contributed by atoms with van der Waals surface area (Å²) in [6.45, 7) is 2.03. The van der Waals surface area contributed by atoms with Crippen LogP contribution < -0.4 is 5.32 Å². The van der Waals surface area contributed by atoms with E-state index in [0.717, 1.165) is 10.6 Å². The number of H-pyrrole nitrogens is 1. The van der Waals surface area contributed by atoms with Crippen LogP contribution in [0.25, 0.3) is 10.6 Å². The Kier molecular flexibility index (Phi) is 3.30. The zero-order valence-corrected chi connectivity index (χ0v) is 11.6. The van der Waals surface area contributed by atoms with E-state index in [-0.39, 0.29) is 5.91 Å². The number of carbonyl (C=O) groups is 1. The molecule has 0 saturated carbocycles. The highest BCUT2D eigenvalue weighted by Gasteiger charge is 2.11. The summed E-state index contributed by atoms with van der Waals surface area (Å²) in [6.07, 6.45) is 1.70. The van der Waals surface area contributed by atoms with Gasteiger partial charge in [-0.2, -0.15) is 0 Å². The van der Waals surface area contributed by atoms with Gasteiger partial charge in [0.15, 0.2) is 0 Å². The number of aromatic amines is 1. The van der Waals surface area contributed by atoms with E-state index in [9.17, 15) is 4.79 Å². The second-order valence-electron chi connectivity index (χ2n) is 4.32. The summed E-state index contributed by atoms with van der Waals surface area (Å²) in [5.74, 6) is -0.221. The minimum atomic E-state index is -0.221. The second kappa shape index (κ2) is 5.26. The number of benzene rings is 1. The van der Waals surface area contributed by atoms with E-state index >= 15 is 0 Å². The molecule has 0 radical (unpaired) electrons. The quantitative estimate of drug-likeness (QED) is 0.776. The lowest BCUT2D eigenvalue weighted by atomic mass is 10.2. The van der Waals surface area contributed by atoms with E-state index in [1.807, 2.05) is 31.2 Å². The van der Waals surface area contributed by atoms with Crippen LogP contribution in [0.4, 0.5) is 5.13 Å². The third-order valence-corrected chi connectivity index (χ3v) is 3.67. The molecule has 0 saturated heterocycles. The molecule has 0 bridgehead atoms. The van der Waals surface area contributed by atoms with Gasteiger partial charge >= 0.3 is 0 Å². The fraction of sp³-hybridized carbons (Fsp3) is 0.0714. The minimum absolute atomic E-state index is 0.221. The third-order valence-electron chi connectivity index (χ3n) is 2.79. The van der Waals surface area contributed by atoms with Crippen LogP contribution in [-0.2, 0) is 0 Å². The molecule has 1 aromatic carbocycles. The molecule has 2 N–H and O–H groups in total. The lowest BCUT2D eigenvalue weighted by Gasteiger charge is -1.97. The maximum absolute atomic E-state index is 11.9. The zero-order chi connectivity index (χ0) is 13.9. The largest absolute Gasteiger partial charge is 0.357 e. The average molecular weight is 284 g/mol. The molecule has 2 aromatic heterocycles. The maximum Gasteiger partial charge on any atom is 0.273 e. The number of hydrogen-bond donors (Lipinski definition) is 2. The summed E-state index contributed by atoms with van der Waals surface area (Å²) in [5, 5.41) is 12.1. The lowest BCUT2D eigenvalue weighted by molar-refractivity contribution is 0.102. The predicted octanol–water partition coefficient (Wildman–Crippen LogP) is 3.09. The number of rotatable bonds is 3. The molecule has 1 amide bonds. The number of amides is 1. The minimum Gasteiger partial charge on any atom is -0.357 e. The number of aryl methyl sites for hydroxylation is 1. The number of nitrogens with one attached hydrogen (secondary N) is 2. The molecule has 100 valence electrons. The van der Waals surface area contributed by atoms with Crippen molar-refractivity contribution in [3.63, 3.8) is 0 Å². The lowest BCUT2D eigenvalue weighted by Crippen LogP contribution is -2.11. The van der Waals surface area contributed by atoms with Gasteiger partial charge in [-0.05, 0) is 19.1 Å². The SMILES string of the molecule is Cc1ccc(-c2nnc(NC(=O)c3ccc[nH]3)s2)cc1. The van der Waals surface area contributed by atoms with Crippen molar-refractivity contribution in [1.82, 2.24) is 15.2 Å². The number of anilines is 1. The van der Waals surface area contributed by atoms with Crippen molar-refractivity contribution in [2.24, 2.45) is 0 Å². The van der Waals surface area contributed by atoms with Crippen LogP contribution in [0.5, 0.6) is 0 Å². The Morgan fingerprint density at radius 1 is 1.20 bits per heavy atom. The summed E-state index contributed by atoms with van der Waals surface area (Å²) in [5.41, 5.74) is 2.68. The van der Waals surface area contributed by atoms with E-state index in [4.69, 9.17) is 0 Å². The van der Waals surface area contributed by atoms with Crippen molar-refractivity contribution in [2.45, 2.75) is 6.92 Å². The molecule has 2 heterocycles. The Hall–Kier alpha value is -2.47. The summed E-state index contributed by atoms with van der Waals surface area (Å²) >= 11 is 1.35. The highest BCUT2D eigenvalue weighted by Crippen LogP contribution is 2.26. The van der Waals surface area contributed by atoms with Crippen molar-refractivity contribution < 1.29 is 4.79 Å². The van der Waals surface area contributed by atoms with Crippen LogP contribution in [0.1, 0.15) is 16.1 Å². The Bertz CT molecular complexity index is 716. The molecule has 0 aliphatic heterocycles. The number of aromatic nitrogens is 3. The molecular weight excluding hydrogens is 272 g/mol. The van der Waals surface area contributed by atoms with Crippen molar-refractivity contribution in [3.05, 3.63) is 53.9 Å². The molecule has 3 aromatic rings. The number of carbonyl (C=O) groups excluding carboxylic acids is 1. The summed E-state index contributed by atoms with van der Waals surface area (Å²) in [6, 6.07) is 11.5. The Morgan fingerprint density at radius 2 is 2.00 bits per heavy atom. The molecular formula is C14H12N4OS. The Labute approximate surface area is 119 Å². The molecule has 20 heavy (non-hydrogen) atoms. The van der Waals surface area contributed by atoms with Gasteiger partial charge in [-0.1, -0.05) is 41.2 Å². The van der Waals surface area contributed by atoms with Gasteiger partial charge in [0.25, 0.3) is 5.91 Å². The van der Waals surface area contributed by atoms with E-state index < -0.39 is 0 Å². The first-order chi connectivity index (χ1) is 9.72. The standard InChI is InChI=1S/C14H12N4OS/c1-9-4-6-10(7-5-9)13-17-18-14(20-13)16-12(19)11-3-2-8-15-11/h2-8,15H,1H3,(H,16,18,19). The molecule has 0 fully saturated rings. The summed E-state index contributed by atoms with van der Waals surface area (Å²) in [4.78, 5) is 14.7. The van der Waals surface area contributed by atoms with Crippen LogP contribution in [-0.4, -0.2) is 21.1 Å². The maximum atomic E-state index is 11.9. The van der Waals surface area contributed by atoms with Gasteiger partial charge < -0.3 is 4.98 Å². The van der Waals surface area contributed by atoms with E-state index in [0.29, 0.717) is 10.8 Å². The fourth-order valence-corrected chi connectivity index (χ4v) is 2.47. The van der Waals surface area contributed by atoms with Crippen LogP contribution >= 0.6 is 11.3 Å². The van der Waals surface area contributed by atoms with Gasteiger partial charge in [-0.15, -0.1) is 10.2 Å². The van der Waals surface area contributed by atoms with Gasteiger partial charge in [0, 0.05) is 11.8 Å². The molecule has 3 rings (SSSR count). The average Bonchev–Trinajstić information content (AvgIpc) is 3.10. The van der Waals surface area contributed by atoms with E-state index in [1.165, 1.54) is 16.9 Å². The molecule has 0 atom stereocenters. The third kappa shape index (κ3) is 2.60. The van der Waals surface area contributed by atoms with Gasteiger partial charge in [0.05, 0.1) is 0 Å². The van der Waals surface area contributed by atoms with Crippen LogP contribution in [0.2, 0.25) is 0 Å². The van der Waals surface area contributed by atoms with Crippen LogP contribution in [0.15, 0.2) is 42.6 Å². The van der Waals surface area contributed by atoms with E-state index in [1.54, 1.807) is 18.3 Å². The number of nitrogens with zero attached hydrogens (tertiary/aromatic N) is 2. The normalized spacial score (nSPS) is 10.4. The summed E-state index contributed by atoms with van der Waals surface area (Å²) in [7, 11) is 0. The van der Waals surface area contributed by atoms with Crippen molar-refractivity contribution in [1.29, 1.82) is 0 Å². The Morgan fingerprint density at radius 3 is 2.70 bits per heavy atom. The van der Waals surface area contributed by atoms with Crippen molar-refractivity contribution in [2.75, 3.05) is 5.32 Å². The van der Waals surface area contributed by atoms with E-state index in [2.05, 4.69) is 20.5 Å². The van der Waals surface area contributed by atoms with Gasteiger partial charge in [0.2, 0.25) is 5.13 Å². The molecule has 0 spiro atoms. The highest BCUT2D eigenvalue weighted by molar-refractivity contribution is 7.18. The molecule has 6 heteroatoms. The van der Waals surface area contributed by atoms with Crippen molar-refractivity contribution in [3.8, 4) is 10.6 Å². The first kappa shape index (κ1) is 12.6. The van der Waals surface area contributed by atoms with Crippen LogP contribution in [0, 0.1) is 6.92 Å². The Balaban J connectivity index is 1.77. The van der Waals surface area contributed by atoms with Gasteiger partial charge in [-0.3, -0.25) is 10.1 Å². The molecule has 0 aliphatic rings. The molecule has 0 aliphatic carbocycles. The molecule has 0 unspecified atom stereocenters. The predicted molar refractivity (Wildman–Crippen MR) is 78.8 cm³/mol. The number of hydrogen-bond acceptors (Lipinski definition) is 4. The fourth-order valence-electron chi connectivity index (χ4n) is 1.72. The first-order valence-corrected chi connectivity index (χ1v) is 6.89. The zero-order valence-electron chi connectivity index (χ0n) is 10.8. The van der Waals surface area contributed by atoms with Gasteiger partial charge in [-0.25, -0.2) is 0 Å². The second-order valence-corrected chi connectivity index (χ2v) is 5.29. The highest BCUT2D eigenvalue weighted by atomic mass is 32.1. The van der Waals surface area contributed by atoms with Gasteiger partial charge in [0.1, 0.15) is 10.7 Å². The topological polar surface area (TPSA) is 70.7 Å². The summed E-state index contributed by atoms with van der Waals surface area (Å²) < 4.78 is 0. The van der Waals surface area contributed by atoms with Crippen molar-refractivity contribution >= 4 is 22.4 Å².